The third kappa shape index (κ3) is 2.09. The number of carbonyl (C=O) groups excluding carboxylic acids is 1. The van der Waals surface area contributed by atoms with Crippen LogP contribution in [0.3, 0.4) is 0 Å². The highest BCUT2D eigenvalue weighted by atomic mass is 16.7. The highest BCUT2D eigenvalue weighted by Crippen LogP contribution is 2.38. The zero-order valence-electron chi connectivity index (χ0n) is 10.6. The molecule has 0 spiro atoms. The Bertz CT molecular complexity index is 717. The van der Waals surface area contributed by atoms with Crippen LogP contribution >= 0.6 is 0 Å². The van der Waals surface area contributed by atoms with Gasteiger partial charge in [0.1, 0.15) is 0 Å². The zero-order chi connectivity index (χ0) is 15.0. The number of hydrogen-bond donors (Lipinski definition) is 2. The highest BCUT2D eigenvalue weighted by Gasteiger charge is 2.42. The maximum absolute atomic E-state index is 12.1. The van der Waals surface area contributed by atoms with Gasteiger partial charge in [-0.1, -0.05) is 36.4 Å². The molecule has 2 aromatic rings. The van der Waals surface area contributed by atoms with Crippen molar-refractivity contribution in [3.05, 3.63) is 69.8 Å². The second-order valence-electron chi connectivity index (χ2n) is 4.48. The number of rotatable bonds is 2. The smallest absolute Gasteiger partial charge is 0.321 e. The van der Waals surface area contributed by atoms with Crippen LogP contribution in [0.1, 0.15) is 15.9 Å². The second kappa shape index (κ2) is 4.57. The van der Waals surface area contributed by atoms with Crippen molar-refractivity contribution >= 4 is 11.6 Å². The molecule has 2 aromatic carbocycles. The van der Waals surface area contributed by atoms with E-state index < -0.39 is 16.7 Å². The number of hydrogen-bond acceptors (Lipinski definition) is 5. The molecule has 0 fully saturated rings. The minimum Gasteiger partial charge on any atom is -0.432 e. The summed E-state index contributed by atoms with van der Waals surface area (Å²) in [5, 5.41) is 23.8. The van der Waals surface area contributed by atoms with E-state index >= 15 is 0 Å². The Kier molecular flexibility index (Phi) is 2.84. The Morgan fingerprint density at radius 2 is 1.86 bits per heavy atom. The molecule has 106 valence electrons. The van der Waals surface area contributed by atoms with Gasteiger partial charge in [0.05, 0.1) is 10.5 Å². The fraction of sp³-hybridized carbons (Fsp3) is 0.0714. The largest absolute Gasteiger partial charge is 0.432 e. The maximum atomic E-state index is 12.1. The molecule has 1 aliphatic heterocycles. The number of benzene rings is 2. The number of amides is 1. The first-order chi connectivity index (χ1) is 10.0. The zero-order valence-corrected chi connectivity index (χ0v) is 10.6. The molecule has 0 bridgehead atoms. The first-order valence-electron chi connectivity index (χ1n) is 6.08. The summed E-state index contributed by atoms with van der Waals surface area (Å²) in [5.41, 5.74) is -0.108. The van der Waals surface area contributed by atoms with Gasteiger partial charge in [0.15, 0.2) is 0 Å². The molecule has 1 aliphatic rings. The number of nitrogens with one attached hydrogen (secondary N) is 1. The molecule has 1 atom stereocenters. The Morgan fingerprint density at radius 3 is 2.52 bits per heavy atom. The monoisotopic (exact) mass is 286 g/mol. The van der Waals surface area contributed by atoms with Gasteiger partial charge in [0, 0.05) is 11.6 Å². The maximum Gasteiger partial charge on any atom is 0.321 e. The first-order valence-corrected chi connectivity index (χ1v) is 6.08. The summed E-state index contributed by atoms with van der Waals surface area (Å²) in [6.07, 6.45) is 0. The molecule has 1 heterocycles. The van der Waals surface area contributed by atoms with Crippen LogP contribution in [0.2, 0.25) is 0 Å². The van der Waals surface area contributed by atoms with E-state index in [-0.39, 0.29) is 22.6 Å². The summed E-state index contributed by atoms with van der Waals surface area (Å²) in [5.74, 6) is -3.04. The average molecular weight is 286 g/mol. The lowest BCUT2D eigenvalue weighted by Gasteiger charge is -2.33. The summed E-state index contributed by atoms with van der Waals surface area (Å²) in [7, 11) is 0. The molecule has 0 radical (unpaired) electrons. The molecular formula is C14H10N2O5. The van der Waals surface area contributed by atoms with E-state index in [1.54, 1.807) is 30.3 Å². The van der Waals surface area contributed by atoms with Crippen molar-refractivity contribution in [3.63, 3.8) is 0 Å². The predicted molar refractivity (Wildman–Crippen MR) is 71.5 cm³/mol. The highest BCUT2D eigenvalue weighted by molar-refractivity contribution is 5.99. The molecule has 2 N–H and O–H groups in total. The minimum atomic E-state index is -2.14. The van der Waals surface area contributed by atoms with E-state index in [2.05, 4.69) is 5.32 Å². The van der Waals surface area contributed by atoms with Gasteiger partial charge in [0.2, 0.25) is 5.75 Å². The second-order valence-corrected chi connectivity index (χ2v) is 4.48. The summed E-state index contributed by atoms with van der Waals surface area (Å²) in [6.45, 7) is 0. The Morgan fingerprint density at radius 1 is 1.14 bits per heavy atom. The van der Waals surface area contributed by atoms with E-state index in [9.17, 15) is 20.0 Å². The van der Waals surface area contributed by atoms with Gasteiger partial charge in [-0.05, 0) is 6.07 Å². The molecule has 0 saturated carbocycles. The number of carbonyl (C=O) groups is 1. The van der Waals surface area contributed by atoms with Gasteiger partial charge in [0.25, 0.3) is 5.91 Å². The summed E-state index contributed by atoms with van der Waals surface area (Å²) < 4.78 is 5.35. The van der Waals surface area contributed by atoms with Crippen LogP contribution in [-0.2, 0) is 5.91 Å². The first kappa shape index (κ1) is 13.1. The lowest BCUT2D eigenvalue weighted by Crippen LogP contribution is -2.53. The Labute approximate surface area is 118 Å². The van der Waals surface area contributed by atoms with E-state index in [1.807, 2.05) is 0 Å². The number of fused-ring (bicyclic) bond motifs is 1. The van der Waals surface area contributed by atoms with Crippen LogP contribution < -0.4 is 10.1 Å². The minimum absolute atomic E-state index is 0.00445. The topological polar surface area (TPSA) is 102 Å². The number of ether oxygens (including phenoxy) is 1. The van der Waals surface area contributed by atoms with Crippen LogP contribution in [0.25, 0.3) is 0 Å². The molecular weight excluding hydrogens is 276 g/mol. The molecule has 0 aliphatic carbocycles. The number of nitro groups is 1. The Balaban J connectivity index is 2.14. The standard InChI is InChI=1S/C14H10N2O5/c17-13-10-7-4-8-11(16(19)20)12(10)21-14(18,15-13)9-5-2-1-3-6-9/h1-8,18H,(H,15,17). The molecule has 21 heavy (non-hydrogen) atoms. The van der Waals surface area contributed by atoms with Crippen molar-refractivity contribution in [1.82, 2.24) is 5.32 Å². The quantitative estimate of drug-likeness (QED) is 0.643. The molecule has 1 amide bonds. The summed E-state index contributed by atoms with van der Waals surface area (Å²) in [4.78, 5) is 22.5. The third-order valence-corrected chi connectivity index (χ3v) is 3.13. The van der Waals surface area contributed by atoms with E-state index in [0.717, 1.165) is 0 Å². The third-order valence-electron chi connectivity index (χ3n) is 3.13. The molecule has 0 aromatic heterocycles. The molecule has 7 heteroatoms. The van der Waals surface area contributed by atoms with E-state index in [1.165, 1.54) is 18.2 Å². The lowest BCUT2D eigenvalue weighted by atomic mass is 10.1. The predicted octanol–water partition coefficient (Wildman–Crippen LogP) is 1.52. The van der Waals surface area contributed by atoms with Gasteiger partial charge in [-0.2, -0.15) is 0 Å². The van der Waals surface area contributed by atoms with Gasteiger partial charge < -0.3 is 9.84 Å². The Hall–Kier alpha value is -2.93. The summed E-state index contributed by atoms with van der Waals surface area (Å²) in [6, 6.07) is 12.1. The van der Waals surface area contributed by atoms with E-state index in [4.69, 9.17) is 4.74 Å². The SMILES string of the molecule is O=C1NC(O)(c2ccccc2)Oc2c1cccc2[N+](=O)[O-]. The molecule has 7 nitrogen and oxygen atoms in total. The van der Waals surface area contributed by atoms with Crippen LogP contribution in [0, 0.1) is 10.1 Å². The van der Waals surface area contributed by atoms with E-state index in [0.29, 0.717) is 0 Å². The van der Waals surface area contributed by atoms with Crippen LogP contribution in [-0.4, -0.2) is 15.9 Å². The average Bonchev–Trinajstić information content (AvgIpc) is 2.47. The van der Waals surface area contributed by atoms with Crippen LogP contribution in [0.15, 0.2) is 48.5 Å². The van der Waals surface area contributed by atoms with Crippen molar-refractivity contribution in [1.29, 1.82) is 0 Å². The molecule has 1 unspecified atom stereocenters. The van der Waals surface area contributed by atoms with Crippen LogP contribution in [0.4, 0.5) is 5.69 Å². The number of nitrogens with zero attached hydrogens (tertiary/aromatic N) is 1. The van der Waals surface area contributed by atoms with Gasteiger partial charge in [-0.3, -0.25) is 20.2 Å². The van der Waals surface area contributed by atoms with Gasteiger partial charge in [-0.15, -0.1) is 0 Å². The fourth-order valence-corrected chi connectivity index (χ4v) is 2.14. The number of para-hydroxylation sites is 1. The molecule has 3 rings (SSSR count). The fourth-order valence-electron chi connectivity index (χ4n) is 2.14. The van der Waals surface area contributed by atoms with Crippen molar-refractivity contribution in [2.75, 3.05) is 0 Å². The number of aliphatic hydroxyl groups is 1. The van der Waals surface area contributed by atoms with Crippen LogP contribution in [0.5, 0.6) is 5.75 Å². The van der Waals surface area contributed by atoms with Crippen molar-refractivity contribution in [2.45, 2.75) is 5.91 Å². The normalized spacial score (nSPS) is 20.1. The molecule has 0 saturated heterocycles. The van der Waals surface area contributed by atoms with Crippen molar-refractivity contribution in [3.8, 4) is 5.75 Å². The lowest BCUT2D eigenvalue weighted by molar-refractivity contribution is -0.387. The van der Waals surface area contributed by atoms with Crippen molar-refractivity contribution in [2.24, 2.45) is 0 Å². The number of nitro benzene ring substituents is 1. The van der Waals surface area contributed by atoms with Crippen molar-refractivity contribution < 1.29 is 19.6 Å². The summed E-state index contributed by atoms with van der Waals surface area (Å²) >= 11 is 0. The van der Waals surface area contributed by atoms with Gasteiger partial charge >= 0.3 is 11.6 Å². The van der Waals surface area contributed by atoms with Gasteiger partial charge in [-0.25, -0.2) is 0 Å².